The number of nitrogens with zero attached hydrogens (tertiary/aromatic N) is 4. The van der Waals surface area contributed by atoms with E-state index in [0.717, 1.165) is 33.9 Å². The van der Waals surface area contributed by atoms with E-state index in [-0.39, 0.29) is 17.8 Å². The van der Waals surface area contributed by atoms with Gasteiger partial charge in [0.2, 0.25) is 0 Å². The second-order valence-corrected chi connectivity index (χ2v) is 8.00. The minimum absolute atomic E-state index is 0.0547. The van der Waals surface area contributed by atoms with Crippen LogP contribution in [-0.2, 0) is 6.42 Å². The summed E-state index contributed by atoms with van der Waals surface area (Å²) < 4.78 is 1.84. The van der Waals surface area contributed by atoms with Gasteiger partial charge < -0.3 is 15.2 Å². The van der Waals surface area contributed by atoms with E-state index in [2.05, 4.69) is 20.5 Å². The first kappa shape index (κ1) is 17.7. The van der Waals surface area contributed by atoms with Crippen molar-refractivity contribution in [3.63, 3.8) is 0 Å². The first-order valence-electron chi connectivity index (χ1n) is 9.13. The van der Waals surface area contributed by atoms with E-state index in [9.17, 15) is 9.59 Å². The number of hydrogen-bond acceptors (Lipinski definition) is 5. The molecule has 1 fully saturated rings. The van der Waals surface area contributed by atoms with Crippen LogP contribution >= 0.6 is 11.3 Å². The number of likely N-dealkylation sites (tertiary alicyclic amines) is 1. The summed E-state index contributed by atoms with van der Waals surface area (Å²) in [4.78, 5) is 29.4. The molecule has 0 bridgehead atoms. The highest BCUT2D eigenvalue weighted by molar-refractivity contribution is 7.11. The molecule has 8 nitrogen and oxygen atoms in total. The molecule has 1 aliphatic heterocycles. The molecular weight excluding hydrogens is 364 g/mol. The van der Waals surface area contributed by atoms with Crippen molar-refractivity contribution in [2.45, 2.75) is 32.2 Å². The predicted molar refractivity (Wildman–Crippen MR) is 104 cm³/mol. The lowest BCUT2D eigenvalue weighted by molar-refractivity contribution is 0.172. The van der Waals surface area contributed by atoms with Crippen molar-refractivity contribution in [2.24, 2.45) is 0 Å². The second-order valence-electron chi connectivity index (χ2n) is 6.73. The van der Waals surface area contributed by atoms with E-state index in [1.807, 2.05) is 40.7 Å². The molecule has 1 saturated heterocycles. The fourth-order valence-electron chi connectivity index (χ4n) is 3.59. The number of nitrogens with one attached hydrogen (secondary N) is 2. The summed E-state index contributed by atoms with van der Waals surface area (Å²) in [6.45, 7) is 3.75. The third-order valence-electron chi connectivity index (χ3n) is 4.92. The molecular formula is C18H22N6O2S. The van der Waals surface area contributed by atoms with Crippen molar-refractivity contribution in [1.29, 1.82) is 0 Å². The maximum atomic E-state index is 12.4. The molecule has 1 aliphatic rings. The lowest BCUT2D eigenvalue weighted by Crippen LogP contribution is -2.45. The number of imidazole rings is 1. The van der Waals surface area contributed by atoms with Crippen LogP contribution in [0.1, 0.15) is 28.9 Å². The largest absolute Gasteiger partial charge is 0.338 e. The summed E-state index contributed by atoms with van der Waals surface area (Å²) in [5.74, 6) is 0. The number of urea groups is 1. The Kier molecular flexibility index (Phi) is 4.93. The molecule has 4 rings (SSSR count). The van der Waals surface area contributed by atoms with Crippen LogP contribution in [0.5, 0.6) is 0 Å². The van der Waals surface area contributed by atoms with Gasteiger partial charge in [-0.25, -0.2) is 9.59 Å². The van der Waals surface area contributed by atoms with E-state index in [4.69, 9.17) is 0 Å². The summed E-state index contributed by atoms with van der Waals surface area (Å²) >= 11 is 1.55. The van der Waals surface area contributed by atoms with Gasteiger partial charge in [-0.15, -0.1) is 21.5 Å². The number of aryl methyl sites for hydroxylation is 1. The molecule has 2 aromatic heterocycles. The zero-order valence-electron chi connectivity index (χ0n) is 15.1. The Bertz CT molecular complexity index is 999. The van der Waals surface area contributed by atoms with Crippen LogP contribution in [0.3, 0.4) is 0 Å². The highest BCUT2D eigenvalue weighted by Crippen LogP contribution is 2.24. The Labute approximate surface area is 160 Å². The number of aromatic nitrogens is 4. The summed E-state index contributed by atoms with van der Waals surface area (Å²) in [7, 11) is 0. The van der Waals surface area contributed by atoms with Gasteiger partial charge in [-0.3, -0.25) is 4.57 Å². The van der Waals surface area contributed by atoms with Crippen molar-refractivity contribution >= 4 is 28.4 Å². The fraction of sp³-hybridized carbons (Fsp3) is 0.444. The molecule has 0 saturated carbocycles. The quantitative estimate of drug-likeness (QED) is 0.718. The van der Waals surface area contributed by atoms with E-state index in [1.165, 1.54) is 0 Å². The van der Waals surface area contributed by atoms with Gasteiger partial charge in [0, 0.05) is 32.1 Å². The van der Waals surface area contributed by atoms with Gasteiger partial charge in [0.05, 0.1) is 11.0 Å². The second kappa shape index (κ2) is 7.51. The molecule has 0 radical (unpaired) electrons. The maximum Gasteiger partial charge on any atom is 0.326 e. The number of hydrogen-bond donors (Lipinski definition) is 2. The molecule has 3 heterocycles. The number of para-hydroxylation sites is 2. The Hall–Kier alpha value is -2.68. The number of carbonyl (C=O) groups is 1. The van der Waals surface area contributed by atoms with Crippen molar-refractivity contribution in [3.05, 3.63) is 44.8 Å². The lowest BCUT2D eigenvalue weighted by atomic mass is 10.0. The Morgan fingerprint density at radius 1 is 1.30 bits per heavy atom. The normalized spacial score (nSPS) is 15.4. The smallest absolute Gasteiger partial charge is 0.326 e. The zero-order chi connectivity index (χ0) is 18.8. The molecule has 142 valence electrons. The molecule has 2 N–H and O–H groups in total. The van der Waals surface area contributed by atoms with Crippen molar-refractivity contribution in [3.8, 4) is 0 Å². The molecule has 0 unspecified atom stereocenters. The van der Waals surface area contributed by atoms with Crippen LogP contribution < -0.4 is 11.0 Å². The summed E-state index contributed by atoms with van der Waals surface area (Å²) in [5, 5.41) is 12.9. The number of benzene rings is 1. The molecule has 27 heavy (non-hydrogen) atoms. The molecule has 0 aliphatic carbocycles. The summed E-state index contributed by atoms with van der Waals surface area (Å²) in [6.07, 6.45) is 2.23. The number of aromatic amines is 1. The highest BCUT2D eigenvalue weighted by Gasteiger charge is 2.25. The zero-order valence-corrected chi connectivity index (χ0v) is 16.0. The van der Waals surface area contributed by atoms with Crippen molar-refractivity contribution in [1.82, 2.24) is 30.0 Å². The lowest BCUT2D eigenvalue weighted by Gasteiger charge is -2.32. The third-order valence-corrected chi connectivity index (χ3v) is 5.82. The molecule has 1 aromatic carbocycles. The topological polar surface area (TPSA) is 95.9 Å². The van der Waals surface area contributed by atoms with Crippen LogP contribution in [-0.4, -0.2) is 50.3 Å². The van der Waals surface area contributed by atoms with E-state index in [0.29, 0.717) is 26.1 Å². The molecule has 0 spiro atoms. The molecule has 2 amide bonds. The third kappa shape index (κ3) is 3.73. The van der Waals surface area contributed by atoms with Crippen LogP contribution in [0.4, 0.5) is 4.79 Å². The van der Waals surface area contributed by atoms with Crippen LogP contribution in [0.15, 0.2) is 29.1 Å². The average molecular weight is 386 g/mol. The Morgan fingerprint density at radius 3 is 2.81 bits per heavy atom. The van der Waals surface area contributed by atoms with Crippen molar-refractivity contribution in [2.75, 3.05) is 19.6 Å². The molecule has 9 heteroatoms. The van der Waals surface area contributed by atoms with Crippen LogP contribution in [0.25, 0.3) is 11.0 Å². The number of carbonyl (C=O) groups excluding carboxylic acids is 1. The number of piperidine rings is 1. The van der Waals surface area contributed by atoms with Gasteiger partial charge in [0.1, 0.15) is 10.0 Å². The minimum atomic E-state index is -0.0774. The van der Waals surface area contributed by atoms with Gasteiger partial charge >= 0.3 is 11.7 Å². The van der Waals surface area contributed by atoms with Crippen molar-refractivity contribution < 1.29 is 4.79 Å². The number of H-pyrrole nitrogens is 1. The first-order chi connectivity index (χ1) is 13.1. The predicted octanol–water partition coefficient (Wildman–Crippen LogP) is 2.08. The highest BCUT2D eigenvalue weighted by atomic mass is 32.1. The van der Waals surface area contributed by atoms with E-state index < -0.39 is 0 Å². The van der Waals surface area contributed by atoms with Gasteiger partial charge in [0.15, 0.2) is 0 Å². The summed E-state index contributed by atoms with van der Waals surface area (Å²) in [5.41, 5.74) is 1.71. The molecule has 0 atom stereocenters. The van der Waals surface area contributed by atoms with Gasteiger partial charge in [-0.1, -0.05) is 12.1 Å². The molecule has 3 aromatic rings. The Balaban J connectivity index is 1.32. The minimum Gasteiger partial charge on any atom is -0.338 e. The van der Waals surface area contributed by atoms with Crippen LogP contribution in [0, 0.1) is 6.92 Å². The average Bonchev–Trinajstić information content (AvgIpc) is 3.23. The number of amides is 2. The number of fused-ring (bicyclic) bond motifs is 1. The van der Waals surface area contributed by atoms with E-state index in [1.54, 1.807) is 11.3 Å². The monoisotopic (exact) mass is 386 g/mol. The fourth-order valence-corrected chi connectivity index (χ4v) is 4.30. The first-order valence-corrected chi connectivity index (χ1v) is 9.94. The standard InChI is InChI=1S/C18H22N6O2S/c1-12-21-22-16(27-12)6-9-19-17(25)23-10-7-13(8-11-23)24-15-5-3-2-4-14(15)20-18(24)26/h2-5,13H,6-11H2,1H3,(H,19,25)(H,20,26). The van der Waals surface area contributed by atoms with Gasteiger partial charge in [-0.05, 0) is 31.9 Å². The van der Waals surface area contributed by atoms with Gasteiger partial charge in [0.25, 0.3) is 0 Å². The maximum absolute atomic E-state index is 12.4. The summed E-state index contributed by atoms with van der Waals surface area (Å²) in [6, 6.07) is 7.78. The number of rotatable bonds is 4. The van der Waals surface area contributed by atoms with Crippen LogP contribution in [0.2, 0.25) is 0 Å². The Morgan fingerprint density at radius 2 is 2.07 bits per heavy atom. The van der Waals surface area contributed by atoms with E-state index >= 15 is 0 Å². The SMILES string of the molecule is Cc1nnc(CCNC(=O)N2CCC(n3c(=O)[nH]c4ccccc43)CC2)s1. The van der Waals surface area contributed by atoms with Gasteiger partial charge in [-0.2, -0.15) is 0 Å².